The van der Waals surface area contributed by atoms with Gasteiger partial charge in [0.1, 0.15) is 6.61 Å². The molecule has 0 saturated heterocycles. The molecule has 17 heavy (non-hydrogen) atoms. The molecule has 4 nitrogen and oxygen atoms in total. The highest BCUT2D eigenvalue weighted by Gasteiger charge is 1.88. The summed E-state index contributed by atoms with van der Waals surface area (Å²) in [5.41, 5.74) is 0. The monoisotopic (exact) mass is 240 g/mol. The van der Waals surface area contributed by atoms with Gasteiger partial charge in [0.25, 0.3) is 0 Å². The Morgan fingerprint density at radius 1 is 1.12 bits per heavy atom. The van der Waals surface area contributed by atoms with Crippen LogP contribution < -0.4 is 0 Å². The minimum absolute atomic E-state index is 0.335. The molecule has 0 unspecified atom stereocenters. The van der Waals surface area contributed by atoms with Crippen molar-refractivity contribution in [1.29, 1.82) is 0 Å². The first-order chi connectivity index (χ1) is 8.12. The summed E-state index contributed by atoms with van der Waals surface area (Å²) in [5, 5.41) is 0. The summed E-state index contributed by atoms with van der Waals surface area (Å²) in [4.78, 5) is 20.2. The second-order valence-corrected chi connectivity index (χ2v) is 2.13. The molecule has 96 valence electrons. The van der Waals surface area contributed by atoms with Gasteiger partial charge < -0.3 is 9.47 Å². The van der Waals surface area contributed by atoms with Crippen molar-refractivity contribution in [2.45, 2.75) is 6.92 Å². The number of hydrogen-bond acceptors (Lipinski definition) is 4. The molecule has 0 aromatic heterocycles. The van der Waals surface area contributed by atoms with Gasteiger partial charge >= 0.3 is 11.9 Å². The lowest BCUT2D eigenvalue weighted by molar-refractivity contribution is -0.136. The predicted molar refractivity (Wildman–Crippen MR) is 69.4 cm³/mol. The Hall–Kier alpha value is -2.10. The maximum atomic E-state index is 10.3. The van der Waals surface area contributed by atoms with E-state index in [2.05, 4.69) is 35.8 Å². The zero-order valence-electron chi connectivity index (χ0n) is 10.5. The molecule has 0 aromatic carbocycles. The van der Waals surface area contributed by atoms with Gasteiger partial charge in [0.15, 0.2) is 0 Å². The highest BCUT2D eigenvalue weighted by Crippen LogP contribution is 1.79. The number of carbonyl (C=O) groups excluding carboxylic acids is 2. The fourth-order valence-electron chi connectivity index (χ4n) is 0.369. The average molecular weight is 240 g/mol. The van der Waals surface area contributed by atoms with E-state index in [0.717, 1.165) is 12.2 Å². The van der Waals surface area contributed by atoms with Crippen LogP contribution in [0.25, 0.3) is 0 Å². The molecule has 0 spiro atoms. The van der Waals surface area contributed by atoms with E-state index in [0.29, 0.717) is 6.61 Å². The first kappa shape index (κ1) is 20.3. The van der Waals surface area contributed by atoms with Crippen LogP contribution in [0.5, 0.6) is 0 Å². The fourth-order valence-corrected chi connectivity index (χ4v) is 0.369. The zero-order valence-corrected chi connectivity index (χ0v) is 10.5. The molecular formula is C13H20O4. The number of ether oxygens (including phenoxy) is 2. The summed E-state index contributed by atoms with van der Waals surface area (Å²) < 4.78 is 8.73. The van der Waals surface area contributed by atoms with E-state index in [-0.39, 0.29) is 5.97 Å². The van der Waals surface area contributed by atoms with Gasteiger partial charge in [-0.05, 0) is 6.92 Å². The Bertz CT molecular complexity index is 254. The van der Waals surface area contributed by atoms with Crippen LogP contribution >= 0.6 is 0 Å². The lowest BCUT2D eigenvalue weighted by Gasteiger charge is -1.93. The first-order valence-electron chi connectivity index (χ1n) is 4.73. The van der Waals surface area contributed by atoms with Gasteiger partial charge in [-0.15, -0.1) is 13.2 Å². The predicted octanol–water partition coefficient (Wildman–Crippen LogP) is 2.44. The third-order valence-electron chi connectivity index (χ3n) is 1.09. The van der Waals surface area contributed by atoms with Gasteiger partial charge in [0, 0.05) is 12.2 Å². The quantitative estimate of drug-likeness (QED) is 0.430. The van der Waals surface area contributed by atoms with Gasteiger partial charge in [0.2, 0.25) is 0 Å². The molecule has 4 heteroatoms. The summed E-state index contributed by atoms with van der Waals surface area (Å²) in [6, 6.07) is 0. The third kappa shape index (κ3) is 24.9. The van der Waals surface area contributed by atoms with E-state index in [1.165, 1.54) is 7.11 Å². The van der Waals surface area contributed by atoms with Crippen molar-refractivity contribution in [2.24, 2.45) is 0 Å². The zero-order chi connectivity index (χ0) is 14.1. The fraction of sp³-hybridized carbons (Fsp3) is 0.231. The van der Waals surface area contributed by atoms with Crippen LogP contribution in [-0.4, -0.2) is 25.7 Å². The standard InChI is InChI=1S/C7H10O2.C4H6O2.C2H4/c1-3-5-6-9-7(8)4-2;1-3-4(5)6-2;1-2/h3-5H,2,6H2,1H3;3H,1H2,2H3;1-2H2. The van der Waals surface area contributed by atoms with Crippen molar-refractivity contribution in [3.8, 4) is 0 Å². The normalized spacial score (nSPS) is 7.65. The molecule has 0 radical (unpaired) electrons. The number of hydrogen-bond donors (Lipinski definition) is 0. The SMILES string of the molecule is C=C.C=CC(=O)OC.C=CC(=O)OCC=CC. The number of rotatable bonds is 4. The van der Waals surface area contributed by atoms with E-state index < -0.39 is 5.97 Å². The average Bonchev–Trinajstić information content (AvgIpc) is 2.40. The summed E-state index contributed by atoms with van der Waals surface area (Å²) >= 11 is 0. The highest BCUT2D eigenvalue weighted by atomic mass is 16.5. The second kappa shape index (κ2) is 19.5. The van der Waals surface area contributed by atoms with Gasteiger partial charge in [-0.1, -0.05) is 25.3 Å². The second-order valence-electron chi connectivity index (χ2n) is 2.13. The summed E-state index contributed by atoms with van der Waals surface area (Å²) in [7, 11) is 1.31. The van der Waals surface area contributed by atoms with Crippen molar-refractivity contribution >= 4 is 11.9 Å². The lowest BCUT2D eigenvalue weighted by atomic mass is 10.5. The molecule has 0 bridgehead atoms. The molecular weight excluding hydrogens is 220 g/mol. The molecule has 0 heterocycles. The van der Waals surface area contributed by atoms with Gasteiger partial charge in [-0.3, -0.25) is 0 Å². The molecule has 0 saturated carbocycles. The number of carbonyl (C=O) groups is 2. The van der Waals surface area contributed by atoms with Crippen molar-refractivity contribution < 1.29 is 19.1 Å². The van der Waals surface area contributed by atoms with Crippen molar-refractivity contribution in [1.82, 2.24) is 0 Å². The molecule has 0 aliphatic carbocycles. The van der Waals surface area contributed by atoms with E-state index in [9.17, 15) is 9.59 Å². The summed E-state index contributed by atoms with van der Waals surface area (Å²) in [5.74, 6) is -0.775. The molecule has 0 N–H and O–H groups in total. The summed E-state index contributed by atoms with van der Waals surface area (Å²) in [6.07, 6.45) is 5.82. The van der Waals surface area contributed by atoms with Crippen molar-refractivity contribution in [2.75, 3.05) is 13.7 Å². The summed E-state index contributed by atoms with van der Waals surface area (Å²) in [6.45, 7) is 14.6. The van der Waals surface area contributed by atoms with Gasteiger partial charge in [-0.25, -0.2) is 9.59 Å². The molecule has 0 rings (SSSR count). The maximum Gasteiger partial charge on any atom is 0.330 e. The van der Waals surface area contributed by atoms with Crippen LogP contribution in [-0.2, 0) is 19.1 Å². The molecule has 0 aromatic rings. The molecule has 0 atom stereocenters. The largest absolute Gasteiger partial charge is 0.466 e. The molecule has 0 amide bonds. The Kier molecular flexibility index (Phi) is 23.3. The lowest BCUT2D eigenvalue weighted by Crippen LogP contribution is -1.98. The van der Waals surface area contributed by atoms with Crippen LogP contribution in [0.2, 0.25) is 0 Å². The Morgan fingerprint density at radius 2 is 1.59 bits per heavy atom. The highest BCUT2D eigenvalue weighted by molar-refractivity contribution is 5.81. The van der Waals surface area contributed by atoms with E-state index in [1.807, 2.05) is 13.0 Å². The van der Waals surface area contributed by atoms with Crippen LogP contribution in [0.4, 0.5) is 0 Å². The van der Waals surface area contributed by atoms with Gasteiger partial charge in [-0.2, -0.15) is 0 Å². The molecule has 0 fully saturated rings. The van der Waals surface area contributed by atoms with Crippen LogP contribution in [0, 0.1) is 0 Å². The van der Waals surface area contributed by atoms with Crippen LogP contribution in [0.15, 0.2) is 50.6 Å². The topological polar surface area (TPSA) is 52.6 Å². The number of methoxy groups -OCH3 is 1. The van der Waals surface area contributed by atoms with E-state index in [4.69, 9.17) is 0 Å². The minimum atomic E-state index is -0.394. The Morgan fingerprint density at radius 3 is 1.82 bits per heavy atom. The van der Waals surface area contributed by atoms with Crippen LogP contribution in [0.3, 0.4) is 0 Å². The smallest absolute Gasteiger partial charge is 0.330 e. The maximum absolute atomic E-state index is 10.3. The molecule has 0 aliphatic heterocycles. The van der Waals surface area contributed by atoms with Crippen molar-refractivity contribution in [3.05, 3.63) is 50.6 Å². The van der Waals surface area contributed by atoms with E-state index in [1.54, 1.807) is 6.08 Å². The number of esters is 2. The Labute approximate surface area is 103 Å². The van der Waals surface area contributed by atoms with Gasteiger partial charge in [0.05, 0.1) is 7.11 Å². The minimum Gasteiger partial charge on any atom is -0.466 e. The Balaban J connectivity index is -0.000000213. The van der Waals surface area contributed by atoms with Crippen molar-refractivity contribution in [3.63, 3.8) is 0 Å². The first-order valence-corrected chi connectivity index (χ1v) is 4.73. The third-order valence-corrected chi connectivity index (χ3v) is 1.09. The van der Waals surface area contributed by atoms with Crippen LogP contribution in [0.1, 0.15) is 6.92 Å². The number of allylic oxidation sites excluding steroid dienone is 1. The van der Waals surface area contributed by atoms with E-state index >= 15 is 0 Å². The molecule has 0 aliphatic rings.